The van der Waals surface area contributed by atoms with Crippen molar-refractivity contribution in [2.75, 3.05) is 11.5 Å². The van der Waals surface area contributed by atoms with E-state index in [0.717, 1.165) is 18.6 Å². The molecule has 1 aromatic rings. The monoisotopic (exact) mass is 517 g/mol. The fourth-order valence-corrected chi connectivity index (χ4v) is 4.60. The van der Waals surface area contributed by atoms with Gasteiger partial charge in [0.1, 0.15) is 17.4 Å². The third kappa shape index (κ3) is 14.8. The van der Waals surface area contributed by atoms with Gasteiger partial charge < -0.3 is 15.2 Å². The van der Waals surface area contributed by atoms with Gasteiger partial charge in [-0.2, -0.15) is 11.8 Å². The van der Waals surface area contributed by atoms with Crippen molar-refractivity contribution < 1.29 is 24.2 Å². The van der Waals surface area contributed by atoms with E-state index in [-0.39, 0.29) is 28.9 Å². The zero-order chi connectivity index (χ0) is 26.6. The summed E-state index contributed by atoms with van der Waals surface area (Å²) in [5.41, 5.74) is -0.0891. The second kappa shape index (κ2) is 19.7. The van der Waals surface area contributed by atoms with E-state index in [1.807, 2.05) is 20.8 Å². The van der Waals surface area contributed by atoms with Gasteiger partial charge in [-0.15, -0.1) is 11.8 Å². The van der Waals surface area contributed by atoms with Crippen molar-refractivity contribution >= 4 is 29.6 Å². The first-order valence-corrected chi connectivity index (χ1v) is 14.3. The van der Waals surface area contributed by atoms with Gasteiger partial charge in [0.05, 0.1) is 5.75 Å². The quantitative estimate of drug-likeness (QED) is 0.0944. The number of aromatic carboxylic acids is 1. The molecule has 2 N–H and O–H groups in total. The number of carbonyl (C=O) groups is 3. The number of carboxylic acid groups (broad SMARTS) is 1. The molecular formula is C29H43NO5S. The molecule has 0 aliphatic carbocycles. The standard InChI is InChI=1S/C29H43NO5S/c1-4-5-6-7-8-9-10-11-12-13-14-17-20-36-22-27(31)30-25(21-23(2)3)29(34)35-26-19-16-15-18-24(26)28(32)33/h15-16,18-19,23,25H,6-14,17,20-22H2,1-3H3,(H,30,31)(H,32,33). The lowest BCUT2D eigenvalue weighted by atomic mass is 10.0. The van der Waals surface area contributed by atoms with Gasteiger partial charge in [-0.25, -0.2) is 9.59 Å². The summed E-state index contributed by atoms with van der Waals surface area (Å²) in [5, 5.41) is 12.1. The Morgan fingerprint density at radius 3 is 2.19 bits per heavy atom. The van der Waals surface area contributed by atoms with Crippen molar-refractivity contribution in [3.63, 3.8) is 0 Å². The maximum absolute atomic E-state index is 12.7. The van der Waals surface area contributed by atoms with Crippen LogP contribution in [0, 0.1) is 17.8 Å². The van der Waals surface area contributed by atoms with Crippen LogP contribution in [0.15, 0.2) is 24.3 Å². The molecule has 1 unspecified atom stereocenters. The number of hydrogen-bond acceptors (Lipinski definition) is 5. The first-order chi connectivity index (χ1) is 17.3. The lowest BCUT2D eigenvalue weighted by molar-refractivity contribution is -0.139. The van der Waals surface area contributed by atoms with Gasteiger partial charge in [0.25, 0.3) is 0 Å². The van der Waals surface area contributed by atoms with E-state index in [2.05, 4.69) is 17.2 Å². The molecule has 1 rings (SSSR count). The minimum absolute atomic E-state index is 0.0193. The second-order valence-electron chi connectivity index (χ2n) is 9.38. The Balaban J connectivity index is 2.26. The van der Waals surface area contributed by atoms with Crippen LogP contribution in [0.5, 0.6) is 5.75 Å². The summed E-state index contributed by atoms with van der Waals surface area (Å²) < 4.78 is 5.35. The number of hydrogen-bond donors (Lipinski definition) is 2. The molecule has 1 amide bonds. The van der Waals surface area contributed by atoms with Crippen LogP contribution in [-0.2, 0) is 9.59 Å². The smallest absolute Gasteiger partial charge is 0.339 e. The molecule has 0 saturated heterocycles. The van der Waals surface area contributed by atoms with E-state index in [9.17, 15) is 19.5 Å². The van der Waals surface area contributed by atoms with Crippen molar-refractivity contribution in [3.05, 3.63) is 29.8 Å². The lowest BCUT2D eigenvalue weighted by Crippen LogP contribution is -2.44. The number of thioether (sulfide) groups is 1. The van der Waals surface area contributed by atoms with Gasteiger partial charge in [-0.1, -0.05) is 70.9 Å². The largest absolute Gasteiger partial charge is 0.478 e. The highest BCUT2D eigenvalue weighted by Crippen LogP contribution is 2.19. The molecule has 0 heterocycles. The highest BCUT2D eigenvalue weighted by molar-refractivity contribution is 7.99. The maximum atomic E-state index is 12.7. The highest BCUT2D eigenvalue weighted by atomic mass is 32.2. The summed E-state index contributed by atoms with van der Waals surface area (Å²) in [6.45, 7) is 5.80. The third-order valence-electron chi connectivity index (χ3n) is 5.66. The Morgan fingerprint density at radius 1 is 0.972 bits per heavy atom. The fourth-order valence-electron chi connectivity index (χ4n) is 3.78. The summed E-state index contributed by atoms with van der Waals surface area (Å²) in [6, 6.07) is 5.17. The van der Waals surface area contributed by atoms with Gasteiger partial charge in [0.15, 0.2) is 0 Å². The minimum Gasteiger partial charge on any atom is -0.478 e. The number of unbranched alkanes of at least 4 members (excludes halogenated alkanes) is 9. The maximum Gasteiger partial charge on any atom is 0.339 e. The zero-order valence-corrected chi connectivity index (χ0v) is 23.0. The van der Waals surface area contributed by atoms with Crippen LogP contribution >= 0.6 is 11.8 Å². The second-order valence-corrected chi connectivity index (χ2v) is 10.5. The van der Waals surface area contributed by atoms with Gasteiger partial charge in [-0.05, 0) is 50.0 Å². The number of esters is 1. The number of carbonyl (C=O) groups excluding carboxylic acids is 2. The van der Waals surface area contributed by atoms with E-state index >= 15 is 0 Å². The molecule has 0 aliphatic heterocycles. The molecule has 0 aliphatic rings. The van der Waals surface area contributed by atoms with Crippen LogP contribution in [0.1, 0.15) is 102 Å². The van der Waals surface area contributed by atoms with Gasteiger partial charge >= 0.3 is 11.9 Å². The van der Waals surface area contributed by atoms with Crippen LogP contribution in [0.4, 0.5) is 0 Å². The third-order valence-corrected chi connectivity index (χ3v) is 6.70. The molecule has 200 valence electrons. The van der Waals surface area contributed by atoms with Gasteiger partial charge in [0.2, 0.25) is 5.91 Å². The van der Waals surface area contributed by atoms with Gasteiger partial charge in [0, 0.05) is 6.42 Å². The number of benzene rings is 1. The normalized spacial score (nSPS) is 11.4. The molecular weight excluding hydrogens is 474 g/mol. The van der Waals surface area contributed by atoms with E-state index in [1.54, 1.807) is 23.9 Å². The van der Waals surface area contributed by atoms with E-state index in [0.29, 0.717) is 6.42 Å². The Labute approximate surface area is 221 Å². The molecule has 0 fully saturated rings. The van der Waals surface area contributed by atoms with Crippen LogP contribution < -0.4 is 10.1 Å². The molecule has 1 aromatic carbocycles. The van der Waals surface area contributed by atoms with E-state index < -0.39 is 18.0 Å². The Bertz CT molecular complexity index is 859. The van der Waals surface area contributed by atoms with Crippen molar-refractivity contribution in [1.29, 1.82) is 0 Å². The molecule has 0 radical (unpaired) electrons. The molecule has 6 nitrogen and oxygen atoms in total. The number of para-hydroxylation sites is 1. The molecule has 1 atom stereocenters. The number of nitrogens with one attached hydrogen (secondary N) is 1. The topological polar surface area (TPSA) is 92.7 Å². The molecule has 36 heavy (non-hydrogen) atoms. The Hall–Kier alpha value is -2.46. The first kappa shape index (κ1) is 31.6. The number of rotatable bonds is 19. The molecule has 0 bridgehead atoms. The van der Waals surface area contributed by atoms with Crippen LogP contribution in [0.2, 0.25) is 0 Å². The Kier molecular flexibility index (Phi) is 17.3. The average molecular weight is 518 g/mol. The van der Waals surface area contributed by atoms with E-state index in [4.69, 9.17) is 4.74 Å². The lowest BCUT2D eigenvalue weighted by Gasteiger charge is -2.19. The zero-order valence-electron chi connectivity index (χ0n) is 22.1. The molecule has 7 heteroatoms. The van der Waals surface area contributed by atoms with Crippen LogP contribution in [0.25, 0.3) is 0 Å². The Morgan fingerprint density at radius 2 is 1.58 bits per heavy atom. The number of carboxylic acids is 1. The van der Waals surface area contributed by atoms with Gasteiger partial charge in [-0.3, -0.25) is 4.79 Å². The van der Waals surface area contributed by atoms with Crippen molar-refractivity contribution in [2.45, 2.75) is 97.4 Å². The molecule has 0 spiro atoms. The van der Waals surface area contributed by atoms with Crippen LogP contribution in [0.3, 0.4) is 0 Å². The minimum atomic E-state index is -1.17. The number of amides is 1. The summed E-state index contributed by atoms with van der Waals surface area (Å²) in [5.74, 6) is 5.35. The predicted molar refractivity (Wildman–Crippen MR) is 147 cm³/mol. The summed E-state index contributed by atoms with van der Waals surface area (Å²) >= 11 is 1.57. The molecule has 0 saturated carbocycles. The number of ether oxygens (including phenoxy) is 1. The SMILES string of the molecule is CC#CCCCCCCCCCCCSCC(=O)NC(CC(C)C)C(=O)Oc1ccccc1C(=O)O. The predicted octanol–water partition coefficient (Wildman–Crippen LogP) is 6.48. The average Bonchev–Trinajstić information content (AvgIpc) is 2.83. The van der Waals surface area contributed by atoms with Crippen molar-refractivity contribution in [1.82, 2.24) is 5.32 Å². The van der Waals surface area contributed by atoms with Crippen molar-refractivity contribution in [2.24, 2.45) is 5.92 Å². The summed E-state index contributed by atoms with van der Waals surface area (Å²) in [7, 11) is 0. The highest BCUT2D eigenvalue weighted by Gasteiger charge is 2.25. The summed E-state index contributed by atoms with van der Waals surface area (Å²) in [6.07, 6.45) is 12.6. The first-order valence-electron chi connectivity index (χ1n) is 13.2. The fraction of sp³-hybridized carbons (Fsp3) is 0.621. The molecule has 0 aromatic heterocycles. The summed E-state index contributed by atoms with van der Waals surface area (Å²) in [4.78, 5) is 36.5. The van der Waals surface area contributed by atoms with E-state index in [1.165, 1.54) is 63.5 Å². The van der Waals surface area contributed by atoms with Crippen molar-refractivity contribution in [3.8, 4) is 17.6 Å². The van der Waals surface area contributed by atoms with Crippen LogP contribution in [-0.4, -0.2) is 40.5 Å².